The normalized spacial score (nSPS) is 14.7. The van der Waals surface area contributed by atoms with Crippen molar-refractivity contribution in [3.63, 3.8) is 0 Å². The van der Waals surface area contributed by atoms with E-state index in [0.29, 0.717) is 19.6 Å². The molecule has 0 spiro atoms. The van der Waals surface area contributed by atoms with Gasteiger partial charge in [0, 0.05) is 18.5 Å². The molecule has 0 aliphatic carbocycles. The Balaban J connectivity index is 1.48. The lowest BCUT2D eigenvalue weighted by atomic mass is 10.1. The Labute approximate surface area is 157 Å². The van der Waals surface area contributed by atoms with Crippen molar-refractivity contribution in [2.24, 2.45) is 5.92 Å². The lowest BCUT2D eigenvalue weighted by molar-refractivity contribution is -0.136. The molecule has 3 heterocycles. The minimum absolute atomic E-state index is 0.119. The number of carbonyl (C=O) groups excluding carboxylic acids is 1. The zero-order valence-electron chi connectivity index (χ0n) is 15.4. The monoisotopic (exact) mass is 366 g/mol. The Morgan fingerprint density at radius 1 is 1.41 bits per heavy atom. The summed E-state index contributed by atoms with van der Waals surface area (Å²) in [6.45, 7) is 3.68. The number of methoxy groups -OCH3 is 1. The first-order valence-electron chi connectivity index (χ1n) is 8.97. The van der Waals surface area contributed by atoms with Crippen LogP contribution in [0.4, 0.5) is 0 Å². The molecule has 1 unspecified atom stereocenters. The summed E-state index contributed by atoms with van der Waals surface area (Å²) in [6, 6.07) is 7.80. The molecule has 1 N–H and O–H groups in total. The smallest absolute Gasteiger partial charge is 0.227 e. The predicted octanol–water partition coefficient (Wildman–Crippen LogP) is 1.90. The zero-order valence-corrected chi connectivity index (χ0v) is 15.4. The molecule has 8 heteroatoms. The summed E-state index contributed by atoms with van der Waals surface area (Å²) in [7, 11) is 1.65. The molecule has 0 radical (unpaired) electrons. The molecular weight excluding hydrogens is 344 g/mol. The molecule has 140 valence electrons. The van der Waals surface area contributed by atoms with Gasteiger partial charge in [0.2, 0.25) is 5.91 Å². The maximum atomic E-state index is 12.8. The van der Waals surface area contributed by atoms with Crippen LogP contribution >= 0.6 is 0 Å². The van der Waals surface area contributed by atoms with Crippen molar-refractivity contribution in [1.82, 2.24) is 29.6 Å². The first kappa shape index (κ1) is 17.3. The van der Waals surface area contributed by atoms with E-state index < -0.39 is 0 Å². The van der Waals surface area contributed by atoms with E-state index in [4.69, 9.17) is 9.72 Å². The van der Waals surface area contributed by atoms with E-state index in [1.807, 2.05) is 36.1 Å². The predicted molar refractivity (Wildman–Crippen MR) is 98.9 cm³/mol. The molecule has 1 aromatic carbocycles. The van der Waals surface area contributed by atoms with Crippen LogP contribution in [0.25, 0.3) is 11.4 Å². The van der Waals surface area contributed by atoms with Crippen molar-refractivity contribution < 1.29 is 9.53 Å². The fraction of sp³-hybridized carbons (Fsp3) is 0.368. The Bertz CT molecular complexity index is 934. The molecular formula is C19H22N6O2. The first-order valence-corrected chi connectivity index (χ1v) is 8.97. The number of fused-ring (bicyclic) bond motifs is 1. The topological polar surface area (TPSA) is 88.9 Å². The van der Waals surface area contributed by atoms with Crippen LogP contribution in [0.1, 0.15) is 18.3 Å². The summed E-state index contributed by atoms with van der Waals surface area (Å²) < 4.78 is 6.98. The quantitative estimate of drug-likeness (QED) is 0.745. The number of hydrogen-bond donors (Lipinski definition) is 1. The highest BCUT2D eigenvalue weighted by molar-refractivity contribution is 5.78. The van der Waals surface area contributed by atoms with Crippen molar-refractivity contribution in [1.29, 1.82) is 0 Å². The summed E-state index contributed by atoms with van der Waals surface area (Å²) in [4.78, 5) is 26.7. The second-order valence-corrected chi connectivity index (χ2v) is 6.77. The molecule has 1 aliphatic rings. The summed E-state index contributed by atoms with van der Waals surface area (Å²) in [5.41, 5.74) is 3.00. The van der Waals surface area contributed by atoms with Gasteiger partial charge in [0.15, 0.2) is 0 Å². The minimum atomic E-state index is -0.158. The van der Waals surface area contributed by atoms with Crippen molar-refractivity contribution in [2.75, 3.05) is 13.7 Å². The van der Waals surface area contributed by atoms with Crippen LogP contribution in [-0.4, -0.2) is 49.2 Å². The minimum Gasteiger partial charge on any atom is -0.497 e. The molecule has 0 bridgehead atoms. The van der Waals surface area contributed by atoms with E-state index in [2.05, 4.69) is 15.1 Å². The van der Waals surface area contributed by atoms with E-state index >= 15 is 0 Å². The highest BCUT2D eigenvalue weighted by Gasteiger charge is 2.27. The average Bonchev–Trinajstić information content (AvgIpc) is 3.36. The standard InChI is InChI=1S/C19H22N6O2/c1-13(9-25-12-20-11-21-25)19(26)24-7-6-16-17(10-24)23-18(22-16)14-4-3-5-15(8-14)27-2/h3-5,8,11-13H,6-7,9-10H2,1-2H3,(H,22,23). The van der Waals surface area contributed by atoms with Gasteiger partial charge in [0.1, 0.15) is 24.2 Å². The number of aromatic amines is 1. The summed E-state index contributed by atoms with van der Waals surface area (Å²) in [5.74, 6) is 1.56. The largest absolute Gasteiger partial charge is 0.497 e. The summed E-state index contributed by atoms with van der Waals surface area (Å²) in [5, 5.41) is 4.08. The van der Waals surface area contributed by atoms with Gasteiger partial charge in [-0.15, -0.1) is 0 Å². The van der Waals surface area contributed by atoms with E-state index in [-0.39, 0.29) is 11.8 Å². The number of imidazole rings is 1. The fourth-order valence-corrected chi connectivity index (χ4v) is 3.39. The van der Waals surface area contributed by atoms with Gasteiger partial charge in [0.25, 0.3) is 0 Å². The third kappa shape index (κ3) is 3.55. The van der Waals surface area contributed by atoms with Gasteiger partial charge in [-0.2, -0.15) is 5.10 Å². The lowest BCUT2D eigenvalue weighted by Gasteiger charge is -2.28. The molecule has 3 aromatic rings. The highest BCUT2D eigenvalue weighted by atomic mass is 16.5. The van der Waals surface area contributed by atoms with Gasteiger partial charge in [-0.25, -0.2) is 9.97 Å². The third-order valence-corrected chi connectivity index (χ3v) is 4.84. The van der Waals surface area contributed by atoms with Gasteiger partial charge in [0.05, 0.1) is 37.5 Å². The number of aromatic nitrogens is 5. The first-order chi connectivity index (χ1) is 13.1. The number of benzene rings is 1. The van der Waals surface area contributed by atoms with E-state index in [1.165, 1.54) is 6.33 Å². The second-order valence-electron chi connectivity index (χ2n) is 6.77. The van der Waals surface area contributed by atoms with Crippen LogP contribution in [0.2, 0.25) is 0 Å². The molecule has 2 aromatic heterocycles. The molecule has 27 heavy (non-hydrogen) atoms. The molecule has 8 nitrogen and oxygen atoms in total. The van der Waals surface area contributed by atoms with Gasteiger partial charge in [-0.05, 0) is 12.1 Å². The van der Waals surface area contributed by atoms with Crippen LogP contribution in [0.15, 0.2) is 36.9 Å². The number of nitrogens with zero attached hydrogens (tertiary/aromatic N) is 5. The van der Waals surface area contributed by atoms with Crippen LogP contribution in [0.5, 0.6) is 5.75 Å². The molecule has 1 atom stereocenters. The van der Waals surface area contributed by atoms with E-state index in [0.717, 1.165) is 34.9 Å². The molecule has 1 aliphatic heterocycles. The van der Waals surface area contributed by atoms with Crippen LogP contribution in [0.3, 0.4) is 0 Å². The average molecular weight is 366 g/mol. The summed E-state index contributed by atoms with van der Waals surface area (Å²) in [6.07, 6.45) is 3.86. The maximum Gasteiger partial charge on any atom is 0.227 e. The summed E-state index contributed by atoms with van der Waals surface area (Å²) >= 11 is 0. The molecule has 4 rings (SSSR count). The Morgan fingerprint density at radius 3 is 3.07 bits per heavy atom. The van der Waals surface area contributed by atoms with Gasteiger partial charge in [-0.1, -0.05) is 19.1 Å². The second kappa shape index (κ2) is 7.22. The number of H-pyrrole nitrogens is 1. The molecule has 0 saturated heterocycles. The number of amides is 1. The zero-order chi connectivity index (χ0) is 18.8. The Morgan fingerprint density at radius 2 is 2.30 bits per heavy atom. The van der Waals surface area contributed by atoms with E-state index in [9.17, 15) is 4.79 Å². The van der Waals surface area contributed by atoms with Crippen molar-refractivity contribution in [2.45, 2.75) is 26.4 Å². The molecule has 1 amide bonds. The fourth-order valence-electron chi connectivity index (χ4n) is 3.39. The Hall–Kier alpha value is -3.16. The SMILES string of the molecule is COc1cccc(-c2nc3c([nH]2)CN(C(=O)C(C)Cn2cncn2)CC3)c1. The van der Waals surface area contributed by atoms with E-state index in [1.54, 1.807) is 18.1 Å². The van der Waals surface area contributed by atoms with Crippen LogP contribution < -0.4 is 4.74 Å². The third-order valence-electron chi connectivity index (χ3n) is 4.84. The Kier molecular flexibility index (Phi) is 4.62. The number of rotatable bonds is 5. The number of nitrogens with one attached hydrogen (secondary N) is 1. The lowest BCUT2D eigenvalue weighted by Crippen LogP contribution is -2.40. The van der Waals surface area contributed by atoms with Crippen molar-refractivity contribution >= 4 is 5.91 Å². The van der Waals surface area contributed by atoms with Gasteiger partial charge in [-0.3, -0.25) is 9.48 Å². The van der Waals surface area contributed by atoms with Gasteiger partial charge < -0.3 is 14.6 Å². The number of hydrogen-bond acceptors (Lipinski definition) is 5. The van der Waals surface area contributed by atoms with Crippen molar-refractivity contribution in [3.05, 3.63) is 48.3 Å². The molecule has 0 fully saturated rings. The maximum absolute atomic E-state index is 12.8. The van der Waals surface area contributed by atoms with Crippen molar-refractivity contribution in [3.8, 4) is 17.1 Å². The van der Waals surface area contributed by atoms with Crippen LogP contribution in [-0.2, 0) is 24.3 Å². The number of carbonyl (C=O) groups is 1. The van der Waals surface area contributed by atoms with Gasteiger partial charge >= 0.3 is 0 Å². The molecule has 0 saturated carbocycles. The number of ether oxygens (including phenoxy) is 1. The highest BCUT2D eigenvalue weighted by Crippen LogP contribution is 2.26. The van der Waals surface area contributed by atoms with Crippen LogP contribution in [0, 0.1) is 5.92 Å².